The molecule has 0 bridgehead atoms. The van der Waals surface area contributed by atoms with E-state index in [1.54, 1.807) is 7.11 Å². The first-order chi connectivity index (χ1) is 7.74. The van der Waals surface area contributed by atoms with Crippen molar-refractivity contribution in [3.63, 3.8) is 0 Å². The summed E-state index contributed by atoms with van der Waals surface area (Å²) in [6.07, 6.45) is 0.996. The van der Waals surface area contributed by atoms with Crippen LogP contribution in [0.3, 0.4) is 0 Å². The molecule has 1 aromatic heterocycles. The van der Waals surface area contributed by atoms with Gasteiger partial charge in [-0.2, -0.15) is 0 Å². The van der Waals surface area contributed by atoms with Gasteiger partial charge >= 0.3 is 0 Å². The first-order valence-corrected chi connectivity index (χ1v) is 6.28. The number of aromatic nitrogens is 1. The van der Waals surface area contributed by atoms with Crippen molar-refractivity contribution in [1.82, 2.24) is 4.98 Å². The van der Waals surface area contributed by atoms with E-state index < -0.39 is 0 Å². The summed E-state index contributed by atoms with van der Waals surface area (Å²) >= 11 is 7.37. The minimum Gasteiger partial charge on any atom is -0.496 e. The van der Waals surface area contributed by atoms with E-state index in [1.807, 2.05) is 11.4 Å². The van der Waals surface area contributed by atoms with Gasteiger partial charge in [0.1, 0.15) is 15.9 Å². The van der Waals surface area contributed by atoms with E-state index in [0.29, 0.717) is 5.15 Å². The lowest BCUT2D eigenvalue weighted by molar-refractivity contribution is 0.416. The smallest absolute Gasteiger partial charge is 0.140 e. The third kappa shape index (κ3) is 2.20. The zero-order chi connectivity index (χ0) is 11.5. The normalized spacial score (nSPS) is 10.4. The van der Waals surface area contributed by atoms with Gasteiger partial charge in [-0.15, -0.1) is 11.3 Å². The number of benzene rings is 1. The van der Waals surface area contributed by atoms with Gasteiger partial charge < -0.3 is 4.74 Å². The molecule has 0 saturated heterocycles. The van der Waals surface area contributed by atoms with Gasteiger partial charge in [0.25, 0.3) is 0 Å². The van der Waals surface area contributed by atoms with Crippen LogP contribution in [0.2, 0.25) is 5.15 Å². The molecule has 0 aliphatic carbocycles. The van der Waals surface area contributed by atoms with Crippen LogP contribution in [-0.2, 0) is 6.42 Å². The van der Waals surface area contributed by atoms with E-state index in [9.17, 15) is 0 Å². The molecular weight excluding hydrogens is 242 g/mol. The van der Waals surface area contributed by atoms with Gasteiger partial charge in [-0.3, -0.25) is 0 Å². The van der Waals surface area contributed by atoms with Gasteiger partial charge in [0.2, 0.25) is 0 Å². The second kappa shape index (κ2) is 4.85. The molecule has 0 spiro atoms. The maximum atomic E-state index is 5.84. The largest absolute Gasteiger partial charge is 0.496 e. The van der Waals surface area contributed by atoms with Crippen LogP contribution in [0.4, 0.5) is 0 Å². The number of halogens is 1. The second-order valence-electron chi connectivity index (χ2n) is 3.36. The van der Waals surface area contributed by atoms with E-state index in [4.69, 9.17) is 16.3 Å². The van der Waals surface area contributed by atoms with E-state index in [2.05, 4.69) is 24.0 Å². The standard InChI is InChI=1S/C12H12ClNOS/c1-3-8-4-5-10(15-2)9(6-8)12-14-11(13)7-16-12/h4-7H,3H2,1-2H3. The molecule has 2 nitrogen and oxygen atoms in total. The Morgan fingerprint density at radius 3 is 2.81 bits per heavy atom. The van der Waals surface area contributed by atoms with Crippen molar-refractivity contribution in [3.05, 3.63) is 34.3 Å². The Labute approximate surface area is 104 Å². The highest BCUT2D eigenvalue weighted by molar-refractivity contribution is 7.13. The molecular formula is C12H12ClNOS. The van der Waals surface area contributed by atoms with Crippen LogP contribution in [0.25, 0.3) is 10.6 Å². The summed E-state index contributed by atoms with van der Waals surface area (Å²) in [5, 5.41) is 3.26. The van der Waals surface area contributed by atoms with Crippen LogP contribution in [0, 0.1) is 0 Å². The fourth-order valence-corrected chi connectivity index (χ4v) is 2.49. The molecule has 0 saturated carbocycles. The molecule has 0 fully saturated rings. The van der Waals surface area contributed by atoms with E-state index in [-0.39, 0.29) is 0 Å². The summed E-state index contributed by atoms with van der Waals surface area (Å²) in [5.74, 6) is 0.836. The van der Waals surface area contributed by atoms with Crippen LogP contribution in [0.1, 0.15) is 12.5 Å². The van der Waals surface area contributed by atoms with Gasteiger partial charge in [0.05, 0.1) is 12.7 Å². The zero-order valence-corrected chi connectivity index (χ0v) is 10.7. The summed E-state index contributed by atoms with van der Waals surface area (Å²) in [6, 6.07) is 6.15. The minimum atomic E-state index is 0.531. The quantitative estimate of drug-likeness (QED) is 0.824. The van der Waals surface area contributed by atoms with Gasteiger partial charge in [-0.05, 0) is 24.1 Å². The molecule has 0 atom stereocenters. The van der Waals surface area contributed by atoms with Gasteiger partial charge in [0, 0.05) is 5.38 Å². The van der Waals surface area contributed by atoms with Crippen molar-refractivity contribution in [2.45, 2.75) is 13.3 Å². The molecule has 1 aromatic carbocycles. The Morgan fingerprint density at radius 2 is 2.25 bits per heavy atom. The molecule has 0 radical (unpaired) electrons. The Kier molecular flexibility index (Phi) is 3.46. The van der Waals surface area contributed by atoms with Gasteiger partial charge in [0.15, 0.2) is 0 Å². The predicted molar refractivity (Wildman–Crippen MR) is 68.5 cm³/mol. The average molecular weight is 254 g/mol. The molecule has 2 aromatic rings. The second-order valence-corrected chi connectivity index (χ2v) is 4.61. The number of hydrogen-bond acceptors (Lipinski definition) is 3. The van der Waals surface area contributed by atoms with Crippen molar-refractivity contribution in [2.75, 3.05) is 7.11 Å². The molecule has 0 amide bonds. The molecule has 0 aliphatic heterocycles. The molecule has 16 heavy (non-hydrogen) atoms. The lowest BCUT2D eigenvalue weighted by atomic mass is 10.1. The topological polar surface area (TPSA) is 22.1 Å². The maximum absolute atomic E-state index is 5.84. The minimum absolute atomic E-state index is 0.531. The number of rotatable bonds is 3. The van der Waals surface area contributed by atoms with Crippen molar-refractivity contribution in [2.24, 2.45) is 0 Å². The highest BCUT2D eigenvalue weighted by Crippen LogP contribution is 2.34. The maximum Gasteiger partial charge on any atom is 0.140 e. The third-order valence-corrected chi connectivity index (χ3v) is 3.58. The van der Waals surface area contributed by atoms with Crippen molar-refractivity contribution in [3.8, 4) is 16.3 Å². The van der Waals surface area contributed by atoms with Crippen LogP contribution in [0.15, 0.2) is 23.6 Å². The van der Waals surface area contributed by atoms with Crippen LogP contribution < -0.4 is 4.74 Å². The first kappa shape index (κ1) is 11.4. The Hall–Kier alpha value is -1.06. The van der Waals surface area contributed by atoms with E-state index in [1.165, 1.54) is 16.9 Å². The molecule has 4 heteroatoms. The van der Waals surface area contributed by atoms with Gasteiger partial charge in [-0.1, -0.05) is 24.6 Å². The van der Waals surface area contributed by atoms with Crippen LogP contribution >= 0.6 is 22.9 Å². The molecule has 0 aliphatic rings. The van der Waals surface area contributed by atoms with Crippen LogP contribution in [-0.4, -0.2) is 12.1 Å². The molecule has 0 N–H and O–H groups in total. The molecule has 84 valence electrons. The number of ether oxygens (including phenoxy) is 1. The Morgan fingerprint density at radius 1 is 1.44 bits per heavy atom. The highest BCUT2D eigenvalue weighted by Gasteiger charge is 2.10. The summed E-state index contributed by atoms with van der Waals surface area (Å²) < 4.78 is 5.33. The lowest BCUT2D eigenvalue weighted by Crippen LogP contribution is -1.89. The van der Waals surface area contributed by atoms with E-state index in [0.717, 1.165) is 22.7 Å². The van der Waals surface area contributed by atoms with E-state index >= 15 is 0 Å². The zero-order valence-electron chi connectivity index (χ0n) is 9.16. The first-order valence-electron chi connectivity index (χ1n) is 5.03. The molecule has 2 rings (SSSR count). The summed E-state index contributed by atoms with van der Waals surface area (Å²) in [4.78, 5) is 4.27. The van der Waals surface area contributed by atoms with Gasteiger partial charge in [-0.25, -0.2) is 4.98 Å². The summed E-state index contributed by atoms with van der Waals surface area (Å²) in [5.41, 5.74) is 2.28. The molecule has 1 heterocycles. The highest BCUT2D eigenvalue weighted by atomic mass is 35.5. The Balaban J connectivity index is 2.52. The van der Waals surface area contributed by atoms with Crippen LogP contribution in [0.5, 0.6) is 5.75 Å². The molecule has 0 unspecified atom stereocenters. The number of nitrogens with zero attached hydrogens (tertiary/aromatic N) is 1. The van der Waals surface area contributed by atoms with Crippen molar-refractivity contribution < 1.29 is 4.74 Å². The number of thiazole rings is 1. The number of aryl methyl sites for hydroxylation is 1. The number of hydrogen-bond donors (Lipinski definition) is 0. The average Bonchev–Trinajstić information content (AvgIpc) is 2.75. The Bertz CT molecular complexity index is 496. The van der Waals surface area contributed by atoms with Crippen molar-refractivity contribution >= 4 is 22.9 Å². The SMILES string of the molecule is CCc1ccc(OC)c(-c2nc(Cl)cs2)c1. The van der Waals surface area contributed by atoms with Crippen molar-refractivity contribution in [1.29, 1.82) is 0 Å². The number of methoxy groups -OCH3 is 1. The third-order valence-electron chi connectivity index (χ3n) is 2.38. The predicted octanol–water partition coefficient (Wildman–Crippen LogP) is 4.03. The fourth-order valence-electron chi connectivity index (χ4n) is 1.52. The lowest BCUT2D eigenvalue weighted by Gasteiger charge is -2.07. The monoisotopic (exact) mass is 253 g/mol. The summed E-state index contributed by atoms with van der Waals surface area (Å²) in [6.45, 7) is 2.13. The summed E-state index contributed by atoms with van der Waals surface area (Å²) in [7, 11) is 1.67. The fraction of sp³-hybridized carbons (Fsp3) is 0.250.